The first-order valence-corrected chi connectivity index (χ1v) is 7.74. The zero-order chi connectivity index (χ0) is 14.7. The molecule has 3 nitrogen and oxygen atoms in total. The summed E-state index contributed by atoms with van der Waals surface area (Å²) in [6.45, 7) is 0.393. The number of amides is 1. The molecule has 0 unspecified atom stereocenters. The molecule has 0 radical (unpaired) electrons. The molecule has 3 rings (SSSR count). The summed E-state index contributed by atoms with van der Waals surface area (Å²) in [7, 11) is 0. The molecule has 108 valence electrons. The van der Waals surface area contributed by atoms with Gasteiger partial charge in [-0.2, -0.15) is 0 Å². The van der Waals surface area contributed by atoms with Gasteiger partial charge in [0.2, 0.25) is 0 Å². The SMILES string of the molecule is O=C(NCc1ccc(F)cc1)c1ccc2c(c1)CCSN2. The average molecular weight is 302 g/mol. The predicted molar refractivity (Wildman–Crippen MR) is 83.8 cm³/mol. The molecule has 21 heavy (non-hydrogen) atoms. The first-order valence-electron chi connectivity index (χ1n) is 6.76. The summed E-state index contributed by atoms with van der Waals surface area (Å²) in [5, 5.41) is 2.85. The summed E-state index contributed by atoms with van der Waals surface area (Å²) in [5.41, 5.74) is 3.79. The maximum Gasteiger partial charge on any atom is 0.251 e. The van der Waals surface area contributed by atoms with E-state index in [2.05, 4.69) is 10.0 Å². The molecule has 0 aromatic heterocycles. The molecule has 1 heterocycles. The second kappa shape index (κ2) is 6.18. The van der Waals surface area contributed by atoms with Crippen LogP contribution in [0.4, 0.5) is 10.1 Å². The molecular formula is C16H15FN2OS. The minimum absolute atomic E-state index is 0.111. The molecule has 2 aromatic carbocycles. The zero-order valence-corrected chi connectivity index (χ0v) is 12.2. The Bertz CT molecular complexity index is 658. The summed E-state index contributed by atoms with van der Waals surface area (Å²) in [5.74, 6) is 0.624. The predicted octanol–water partition coefficient (Wildman–Crippen LogP) is 3.37. The van der Waals surface area contributed by atoms with E-state index >= 15 is 0 Å². The molecule has 0 aliphatic carbocycles. The molecule has 0 saturated carbocycles. The number of benzene rings is 2. The van der Waals surface area contributed by atoms with Gasteiger partial charge in [-0.1, -0.05) is 24.1 Å². The number of anilines is 1. The monoisotopic (exact) mass is 302 g/mol. The first-order chi connectivity index (χ1) is 10.2. The van der Waals surface area contributed by atoms with Gasteiger partial charge in [0, 0.05) is 23.5 Å². The Hall–Kier alpha value is -2.01. The third-order valence-corrected chi connectivity index (χ3v) is 4.16. The topological polar surface area (TPSA) is 41.1 Å². The lowest BCUT2D eigenvalue weighted by Crippen LogP contribution is -2.23. The maximum atomic E-state index is 12.8. The van der Waals surface area contributed by atoms with Crippen LogP contribution in [0.1, 0.15) is 21.5 Å². The van der Waals surface area contributed by atoms with Crippen molar-refractivity contribution in [3.63, 3.8) is 0 Å². The normalized spacial score (nSPS) is 13.2. The van der Waals surface area contributed by atoms with Crippen molar-refractivity contribution in [2.24, 2.45) is 0 Å². The first kappa shape index (κ1) is 13.9. The van der Waals surface area contributed by atoms with Gasteiger partial charge < -0.3 is 10.0 Å². The Morgan fingerprint density at radius 3 is 2.86 bits per heavy atom. The fourth-order valence-electron chi connectivity index (χ4n) is 2.22. The third kappa shape index (κ3) is 3.36. The number of fused-ring (bicyclic) bond motifs is 1. The van der Waals surface area contributed by atoms with Crippen molar-refractivity contribution in [1.29, 1.82) is 0 Å². The molecule has 0 saturated heterocycles. The molecule has 0 bridgehead atoms. The summed E-state index contributed by atoms with van der Waals surface area (Å²) in [4.78, 5) is 12.2. The molecule has 2 aromatic rings. The van der Waals surface area contributed by atoms with Crippen LogP contribution >= 0.6 is 11.9 Å². The summed E-state index contributed by atoms with van der Waals surface area (Å²) in [6, 6.07) is 11.8. The lowest BCUT2D eigenvalue weighted by atomic mass is 10.1. The third-order valence-electron chi connectivity index (χ3n) is 3.39. The quantitative estimate of drug-likeness (QED) is 0.854. The number of hydrogen-bond acceptors (Lipinski definition) is 3. The number of nitrogens with one attached hydrogen (secondary N) is 2. The van der Waals surface area contributed by atoms with Gasteiger partial charge in [0.15, 0.2) is 0 Å². The number of rotatable bonds is 3. The van der Waals surface area contributed by atoms with Gasteiger partial charge >= 0.3 is 0 Å². The Kier molecular flexibility index (Phi) is 4.10. The van der Waals surface area contributed by atoms with E-state index in [1.54, 1.807) is 24.1 Å². The highest BCUT2D eigenvalue weighted by Gasteiger charge is 2.12. The van der Waals surface area contributed by atoms with Gasteiger partial charge in [0.05, 0.1) is 0 Å². The van der Waals surface area contributed by atoms with Crippen LogP contribution in [-0.2, 0) is 13.0 Å². The smallest absolute Gasteiger partial charge is 0.251 e. The highest BCUT2D eigenvalue weighted by Crippen LogP contribution is 2.26. The van der Waals surface area contributed by atoms with Gasteiger partial charge in [-0.3, -0.25) is 4.79 Å². The molecular weight excluding hydrogens is 287 g/mol. The molecule has 0 atom stereocenters. The van der Waals surface area contributed by atoms with E-state index in [1.165, 1.54) is 17.7 Å². The number of hydrogen-bond donors (Lipinski definition) is 2. The van der Waals surface area contributed by atoms with E-state index in [0.717, 1.165) is 23.4 Å². The van der Waals surface area contributed by atoms with E-state index in [1.807, 2.05) is 18.2 Å². The molecule has 1 aliphatic rings. The van der Waals surface area contributed by atoms with E-state index in [4.69, 9.17) is 0 Å². The van der Waals surface area contributed by atoms with Gasteiger partial charge in [0.1, 0.15) is 5.82 Å². The van der Waals surface area contributed by atoms with Crippen molar-refractivity contribution in [3.05, 3.63) is 65.0 Å². The highest BCUT2D eigenvalue weighted by molar-refractivity contribution is 8.00. The second-order valence-corrected chi connectivity index (χ2v) is 5.78. The van der Waals surface area contributed by atoms with E-state index in [-0.39, 0.29) is 11.7 Å². The van der Waals surface area contributed by atoms with Gasteiger partial charge in [-0.15, -0.1) is 0 Å². The fourth-order valence-corrected chi connectivity index (χ4v) is 3.00. The zero-order valence-electron chi connectivity index (χ0n) is 11.4. The van der Waals surface area contributed by atoms with Gasteiger partial charge in [0.25, 0.3) is 5.91 Å². The molecule has 0 fully saturated rings. The van der Waals surface area contributed by atoms with Crippen molar-refractivity contribution in [3.8, 4) is 0 Å². The second-order valence-electron chi connectivity index (χ2n) is 4.88. The Balaban J connectivity index is 1.66. The summed E-state index contributed by atoms with van der Waals surface area (Å²) in [6.07, 6.45) is 0.964. The lowest BCUT2D eigenvalue weighted by Gasteiger charge is -2.17. The van der Waals surface area contributed by atoms with Crippen molar-refractivity contribution in [1.82, 2.24) is 5.32 Å². The molecule has 5 heteroatoms. The van der Waals surface area contributed by atoms with Crippen molar-refractivity contribution in [2.75, 3.05) is 10.5 Å². The molecule has 2 N–H and O–H groups in total. The van der Waals surface area contributed by atoms with Crippen LogP contribution in [0, 0.1) is 5.82 Å². The van der Waals surface area contributed by atoms with Crippen LogP contribution in [0.2, 0.25) is 0 Å². The lowest BCUT2D eigenvalue weighted by molar-refractivity contribution is 0.0951. The largest absolute Gasteiger partial charge is 0.348 e. The molecule has 1 amide bonds. The van der Waals surface area contributed by atoms with Crippen molar-refractivity contribution in [2.45, 2.75) is 13.0 Å². The minimum atomic E-state index is -0.273. The molecule has 0 spiro atoms. The Morgan fingerprint density at radius 1 is 1.24 bits per heavy atom. The summed E-state index contributed by atoms with van der Waals surface area (Å²) >= 11 is 1.68. The number of halogens is 1. The minimum Gasteiger partial charge on any atom is -0.348 e. The molecule has 1 aliphatic heterocycles. The van der Waals surface area contributed by atoms with Gasteiger partial charge in [-0.05, 0) is 47.9 Å². The van der Waals surface area contributed by atoms with Gasteiger partial charge in [-0.25, -0.2) is 4.39 Å². The number of aryl methyl sites for hydroxylation is 1. The standard InChI is InChI=1S/C16H15FN2OS/c17-14-4-1-11(2-5-14)10-18-16(20)13-3-6-15-12(9-13)7-8-21-19-15/h1-6,9,19H,7-8,10H2,(H,18,20). The van der Waals surface area contributed by atoms with Crippen LogP contribution in [0.25, 0.3) is 0 Å². The number of carbonyl (C=O) groups excluding carboxylic acids is 1. The summed E-state index contributed by atoms with van der Waals surface area (Å²) < 4.78 is 16.1. The fraction of sp³-hybridized carbons (Fsp3) is 0.188. The number of carbonyl (C=O) groups is 1. The average Bonchev–Trinajstić information content (AvgIpc) is 2.53. The van der Waals surface area contributed by atoms with E-state index < -0.39 is 0 Å². The van der Waals surface area contributed by atoms with E-state index in [0.29, 0.717) is 12.1 Å². The van der Waals surface area contributed by atoms with Crippen molar-refractivity contribution < 1.29 is 9.18 Å². The Labute approximate surface area is 127 Å². The van der Waals surface area contributed by atoms with Crippen LogP contribution in [0.5, 0.6) is 0 Å². The van der Waals surface area contributed by atoms with Crippen molar-refractivity contribution >= 4 is 23.5 Å². The van der Waals surface area contributed by atoms with Crippen LogP contribution in [0.3, 0.4) is 0 Å². The highest BCUT2D eigenvalue weighted by atomic mass is 32.2. The Morgan fingerprint density at radius 2 is 2.05 bits per heavy atom. The van der Waals surface area contributed by atoms with Crippen LogP contribution < -0.4 is 10.0 Å². The van der Waals surface area contributed by atoms with E-state index in [9.17, 15) is 9.18 Å². The van der Waals surface area contributed by atoms with Crippen LogP contribution in [0.15, 0.2) is 42.5 Å². The van der Waals surface area contributed by atoms with Crippen LogP contribution in [-0.4, -0.2) is 11.7 Å². The maximum absolute atomic E-state index is 12.8.